The molecule has 0 bridgehead atoms. The highest BCUT2D eigenvalue weighted by Gasteiger charge is 2.40. The molecule has 0 saturated carbocycles. The highest BCUT2D eigenvalue weighted by molar-refractivity contribution is 5.91. The van der Waals surface area contributed by atoms with Crippen molar-refractivity contribution >= 4 is 17.7 Å². The number of carbonyl (C=O) groups is 2. The topological polar surface area (TPSA) is 83.0 Å². The number of aliphatic carboxylic acids is 1. The second-order valence-corrected chi connectivity index (χ2v) is 4.89. The predicted molar refractivity (Wildman–Crippen MR) is 76.1 cm³/mol. The maximum atomic E-state index is 12.6. The van der Waals surface area contributed by atoms with Crippen LogP contribution in [0.3, 0.4) is 0 Å². The van der Waals surface area contributed by atoms with Gasteiger partial charge in [0.25, 0.3) is 0 Å². The summed E-state index contributed by atoms with van der Waals surface area (Å²) < 4.78 is 5.24. The Labute approximate surface area is 123 Å². The third-order valence-electron chi connectivity index (χ3n) is 3.67. The molecule has 2 heterocycles. The van der Waals surface area contributed by atoms with E-state index >= 15 is 0 Å². The van der Waals surface area contributed by atoms with E-state index in [4.69, 9.17) is 4.74 Å². The number of carboxylic acid groups (broad SMARTS) is 1. The second-order valence-electron chi connectivity index (χ2n) is 4.89. The van der Waals surface area contributed by atoms with Gasteiger partial charge in [0.15, 0.2) is 0 Å². The van der Waals surface area contributed by atoms with Gasteiger partial charge >= 0.3 is 12.0 Å². The Hall–Kier alpha value is -2.15. The highest BCUT2D eigenvalue weighted by atomic mass is 16.5. The Kier molecular flexibility index (Phi) is 4.74. The molecule has 0 aliphatic carbocycles. The first-order valence-corrected chi connectivity index (χ1v) is 6.81. The first-order chi connectivity index (χ1) is 10.1. The Morgan fingerprint density at radius 3 is 2.81 bits per heavy atom. The van der Waals surface area contributed by atoms with E-state index < -0.39 is 17.9 Å². The van der Waals surface area contributed by atoms with E-state index in [1.54, 1.807) is 36.5 Å². The van der Waals surface area contributed by atoms with Crippen LogP contribution in [0.25, 0.3) is 0 Å². The van der Waals surface area contributed by atoms with Crippen LogP contribution in [0, 0.1) is 5.92 Å². The quantitative estimate of drug-likeness (QED) is 0.897. The van der Waals surface area contributed by atoms with Gasteiger partial charge in [0.1, 0.15) is 5.92 Å². The molecular weight excluding hydrogens is 274 g/mol. The summed E-state index contributed by atoms with van der Waals surface area (Å²) >= 11 is 0. The summed E-state index contributed by atoms with van der Waals surface area (Å²) in [5, 5.41) is 9.22. The number of likely N-dealkylation sites (N-methyl/N-ethyl adjacent to an activating group) is 1. The Bertz CT molecular complexity index is 508. The SMILES string of the molecule is CCN(C(=O)N(C)c1cccnc1)C1COCC1C(=O)O. The summed E-state index contributed by atoms with van der Waals surface area (Å²) in [4.78, 5) is 30.8. The van der Waals surface area contributed by atoms with Crippen molar-refractivity contribution in [1.82, 2.24) is 9.88 Å². The molecule has 2 unspecified atom stereocenters. The third-order valence-corrected chi connectivity index (χ3v) is 3.67. The van der Waals surface area contributed by atoms with Crippen LogP contribution in [-0.2, 0) is 9.53 Å². The van der Waals surface area contributed by atoms with Gasteiger partial charge in [0.05, 0.1) is 31.1 Å². The molecular formula is C14H19N3O4. The smallest absolute Gasteiger partial charge is 0.324 e. The number of aromatic nitrogens is 1. The van der Waals surface area contributed by atoms with Crippen molar-refractivity contribution in [1.29, 1.82) is 0 Å². The average molecular weight is 293 g/mol. The number of pyridine rings is 1. The molecule has 114 valence electrons. The third kappa shape index (κ3) is 3.13. The van der Waals surface area contributed by atoms with E-state index in [1.165, 1.54) is 4.90 Å². The molecule has 1 aromatic heterocycles. The number of nitrogens with zero attached hydrogens (tertiary/aromatic N) is 3. The van der Waals surface area contributed by atoms with Crippen LogP contribution >= 0.6 is 0 Å². The fraction of sp³-hybridized carbons (Fsp3) is 0.500. The molecule has 2 atom stereocenters. The van der Waals surface area contributed by atoms with Crippen molar-refractivity contribution in [3.8, 4) is 0 Å². The first kappa shape index (κ1) is 15.2. The van der Waals surface area contributed by atoms with E-state index in [-0.39, 0.29) is 19.2 Å². The molecule has 0 spiro atoms. The number of amides is 2. The van der Waals surface area contributed by atoms with E-state index in [0.29, 0.717) is 12.2 Å². The minimum absolute atomic E-state index is 0.139. The summed E-state index contributed by atoms with van der Waals surface area (Å²) in [7, 11) is 1.65. The molecule has 0 aromatic carbocycles. The van der Waals surface area contributed by atoms with Crippen molar-refractivity contribution < 1.29 is 19.4 Å². The fourth-order valence-electron chi connectivity index (χ4n) is 2.45. The van der Waals surface area contributed by atoms with Crippen molar-refractivity contribution in [2.75, 3.05) is 31.7 Å². The Morgan fingerprint density at radius 1 is 1.48 bits per heavy atom. The van der Waals surface area contributed by atoms with Gasteiger partial charge in [0, 0.05) is 19.8 Å². The summed E-state index contributed by atoms with van der Waals surface area (Å²) in [5.41, 5.74) is 0.659. The molecule has 1 fully saturated rings. The molecule has 2 rings (SSSR count). The summed E-state index contributed by atoms with van der Waals surface area (Å²) in [6.45, 7) is 2.63. The maximum Gasteiger partial charge on any atom is 0.324 e. The van der Waals surface area contributed by atoms with E-state index in [1.807, 2.05) is 6.92 Å². The minimum Gasteiger partial charge on any atom is -0.481 e. The van der Waals surface area contributed by atoms with Gasteiger partial charge in [-0.2, -0.15) is 0 Å². The number of urea groups is 1. The van der Waals surface area contributed by atoms with Gasteiger partial charge in [-0.1, -0.05) is 0 Å². The molecule has 1 aliphatic rings. The summed E-state index contributed by atoms with van der Waals surface area (Å²) in [5.74, 6) is -1.62. The molecule has 2 amide bonds. The number of hydrogen-bond donors (Lipinski definition) is 1. The molecule has 1 N–H and O–H groups in total. The second kappa shape index (κ2) is 6.53. The molecule has 7 heteroatoms. The fourth-order valence-corrected chi connectivity index (χ4v) is 2.45. The first-order valence-electron chi connectivity index (χ1n) is 6.81. The minimum atomic E-state index is -0.937. The van der Waals surface area contributed by atoms with Gasteiger partial charge in [-0.15, -0.1) is 0 Å². The number of rotatable bonds is 4. The maximum absolute atomic E-state index is 12.6. The van der Waals surface area contributed by atoms with Crippen molar-refractivity contribution in [3.63, 3.8) is 0 Å². The molecule has 1 aromatic rings. The number of anilines is 1. The van der Waals surface area contributed by atoms with Crippen LogP contribution in [0.5, 0.6) is 0 Å². The standard InChI is InChI=1S/C14H19N3O4/c1-3-17(12-9-21-8-11(12)13(18)19)14(20)16(2)10-5-4-6-15-7-10/h4-7,11-12H,3,8-9H2,1-2H3,(H,18,19). The van der Waals surface area contributed by atoms with Crippen LogP contribution in [0.15, 0.2) is 24.5 Å². The van der Waals surface area contributed by atoms with Gasteiger partial charge in [0.2, 0.25) is 0 Å². The lowest BCUT2D eigenvalue weighted by molar-refractivity contribution is -0.142. The average Bonchev–Trinajstić information content (AvgIpc) is 2.97. The number of hydrogen-bond acceptors (Lipinski definition) is 4. The molecule has 1 saturated heterocycles. The van der Waals surface area contributed by atoms with Crippen LogP contribution in [0.1, 0.15) is 6.92 Å². The van der Waals surface area contributed by atoms with Crippen LogP contribution < -0.4 is 4.90 Å². The zero-order chi connectivity index (χ0) is 15.4. The van der Waals surface area contributed by atoms with E-state index in [2.05, 4.69) is 4.98 Å². The zero-order valence-electron chi connectivity index (χ0n) is 12.1. The van der Waals surface area contributed by atoms with Gasteiger partial charge < -0.3 is 14.7 Å². The van der Waals surface area contributed by atoms with Crippen molar-refractivity contribution in [2.45, 2.75) is 13.0 Å². The van der Waals surface area contributed by atoms with Crippen molar-refractivity contribution in [3.05, 3.63) is 24.5 Å². The molecule has 1 aliphatic heterocycles. The number of carboxylic acids is 1. The highest BCUT2D eigenvalue weighted by Crippen LogP contribution is 2.22. The zero-order valence-corrected chi connectivity index (χ0v) is 12.1. The van der Waals surface area contributed by atoms with Crippen LogP contribution in [0.2, 0.25) is 0 Å². The lowest BCUT2D eigenvalue weighted by Gasteiger charge is -2.32. The lowest BCUT2D eigenvalue weighted by atomic mass is 10.0. The van der Waals surface area contributed by atoms with E-state index in [9.17, 15) is 14.7 Å². The number of carbonyl (C=O) groups excluding carboxylic acids is 1. The van der Waals surface area contributed by atoms with Crippen molar-refractivity contribution in [2.24, 2.45) is 5.92 Å². The van der Waals surface area contributed by atoms with Crippen LogP contribution in [0.4, 0.5) is 10.5 Å². The molecule has 21 heavy (non-hydrogen) atoms. The van der Waals surface area contributed by atoms with Gasteiger partial charge in [-0.3, -0.25) is 14.7 Å². The Morgan fingerprint density at radius 2 is 2.24 bits per heavy atom. The monoisotopic (exact) mass is 293 g/mol. The van der Waals surface area contributed by atoms with Crippen LogP contribution in [-0.4, -0.2) is 59.8 Å². The normalized spacial score (nSPS) is 21.0. The van der Waals surface area contributed by atoms with Gasteiger partial charge in [-0.05, 0) is 19.1 Å². The Balaban J connectivity index is 2.17. The van der Waals surface area contributed by atoms with Gasteiger partial charge in [-0.25, -0.2) is 4.79 Å². The largest absolute Gasteiger partial charge is 0.481 e. The summed E-state index contributed by atoms with van der Waals surface area (Å²) in [6.07, 6.45) is 3.22. The summed E-state index contributed by atoms with van der Waals surface area (Å²) in [6, 6.07) is 2.82. The predicted octanol–water partition coefficient (Wildman–Crippen LogP) is 1.06. The molecule has 7 nitrogen and oxygen atoms in total. The molecule has 0 radical (unpaired) electrons. The van der Waals surface area contributed by atoms with E-state index in [0.717, 1.165) is 0 Å². The lowest BCUT2D eigenvalue weighted by Crippen LogP contribution is -2.51. The number of ether oxygens (including phenoxy) is 1.